The third kappa shape index (κ3) is 3.02. The lowest BCUT2D eigenvalue weighted by Crippen LogP contribution is -2.50. The van der Waals surface area contributed by atoms with E-state index < -0.39 is 11.5 Å². The van der Waals surface area contributed by atoms with Crippen molar-refractivity contribution >= 4 is 23.2 Å². The molecule has 1 aromatic rings. The SMILES string of the molecule is Cc1csc(=O)n1CCCC(=O)N1CCCC1(C)C(=O)O. The van der Waals surface area contributed by atoms with E-state index in [1.807, 2.05) is 6.92 Å². The predicted molar refractivity (Wildman–Crippen MR) is 79.5 cm³/mol. The minimum atomic E-state index is -1.08. The standard InChI is InChI=1S/C14H20N2O4S/c1-10-9-21-13(20)15(10)7-3-5-11(17)16-8-4-6-14(16,2)12(18)19/h9H,3-8H2,1-2H3,(H,18,19). The predicted octanol–water partition coefficient (Wildman–Crippen LogP) is 1.46. The van der Waals surface area contributed by atoms with Crippen molar-refractivity contribution in [3.63, 3.8) is 0 Å². The van der Waals surface area contributed by atoms with Gasteiger partial charge < -0.3 is 14.6 Å². The molecule has 1 N–H and O–H groups in total. The highest BCUT2D eigenvalue weighted by molar-refractivity contribution is 7.07. The molecule has 1 atom stereocenters. The first-order chi connectivity index (χ1) is 9.86. The van der Waals surface area contributed by atoms with Gasteiger partial charge in [0.2, 0.25) is 5.91 Å². The first-order valence-corrected chi connectivity index (χ1v) is 7.93. The zero-order chi connectivity index (χ0) is 15.6. The number of thiazole rings is 1. The van der Waals surface area contributed by atoms with Crippen LogP contribution in [0.15, 0.2) is 10.2 Å². The van der Waals surface area contributed by atoms with Crippen LogP contribution in [0.4, 0.5) is 0 Å². The minimum absolute atomic E-state index is 0.0171. The maximum absolute atomic E-state index is 12.2. The van der Waals surface area contributed by atoms with Crippen LogP contribution in [0.5, 0.6) is 0 Å². The molecule has 0 aromatic carbocycles. The fourth-order valence-corrected chi connectivity index (χ4v) is 3.54. The van der Waals surface area contributed by atoms with Gasteiger partial charge in [0.15, 0.2) is 0 Å². The summed E-state index contributed by atoms with van der Waals surface area (Å²) in [4.78, 5) is 36.6. The van der Waals surface area contributed by atoms with E-state index in [-0.39, 0.29) is 17.2 Å². The van der Waals surface area contributed by atoms with E-state index in [0.717, 1.165) is 23.5 Å². The van der Waals surface area contributed by atoms with Crippen LogP contribution in [0.3, 0.4) is 0 Å². The normalized spacial score (nSPS) is 21.7. The minimum Gasteiger partial charge on any atom is -0.480 e. The number of carboxylic acid groups (broad SMARTS) is 1. The van der Waals surface area contributed by atoms with Crippen molar-refractivity contribution in [2.45, 2.75) is 51.6 Å². The largest absolute Gasteiger partial charge is 0.480 e. The number of aromatic nitrogens is 1. The number of amides is 1. The van der Waals surface area contributed by atoms with Crippen molar-refractivity contribution in [3.8, 4) is 0 Å². The summed E-state index contributed by atoms with van der Waals surface area (Å²) in [6, 6.07) is 0. The Morgan fingerprint density at radius 3 is 2.76 bits per heavy atom. The molecule has 2 rings (SSSR count). The fraction of sp³-hybridized carbons (Fsp3) is 0.643. The maximum atomic E-state index is 12.2. The third-order valence-electron chi connectivity index (χ3n) is 4.15. The Hall–Kier alpha value is -1.63. The van der Waals surface area contributed by atoms with Crippen molar-refractivity contribution < 1.29 is 14.7 Å². The zero-order valence-corrected chi connectivity index (χ0v) is 13.1. The number of aryl methyl sites for hydroxylation is 1. The number of aliphatic carboxylic acids is 1. The van der Waals surface area contributed by atoms with Crippen molar-refractivity contribution in [1.29, 1.82) is 0 Å². The van der Waals surface area contributed by atoms with Crippen molar-refractivity contribution in [3.05, 3.63) is 20.7 Å². The van der Waals surface area contributed by atoms with E-state index in [1.54, 1.807) is 16.9 Å². The van der Waals surface area contributed by atoms with E-state index in [4.69, 9.17) is 0 Å². The highest BCUT2D eigenvalue weighted by Crippen LogP contribution is 2.30. The van der Waals surface area contributed by atoms with Gasteiger partial charge in [-0.2, -0.15) is 0 Å². The molecule has 0 bridgehead atoms. The number of nitrogens with zero attached hydrogens (tertiary/aromatic N) is 2. The molecule has 2 heterocycles. The van der Waals surface area contributed by atoms with E-state index in [9.17, 15) is 19.5 Å². The molecule has 0 aliphatic carbocycles. The molecule has 0 spiro atoms. The molecule has 0 radical (unpaired) electrons. The van der Waals surface area contributed by atoms with Crippen molar-refractivity contribution in [2.75, 3.05) is 6.54 Å². The van der Waals surface area contributed by atoms with Crippen LogP contribution in [0, 0.1) is 6.92 Å². The molecular formula is C14H20N2O4S. The summed E-state index contributed by atoms with van der Waals surface area (Å²) >= 11 is 1.15. The smallest absolute Gasteiger partial charge is 0.329 e. The second-order valence-corrected chi connectivity index (χ2v) is 6.45. The molecule has 0 saturated carbocycles. The van der Waals surface area contributed by atoms with Crippen molar-refractivity contribution in [1.82, 2.24) is 9.47 Å². The van der Waals surface area contributed by atoms with Gasteiger partial charge in [-0.25, -0.2) is 4.79 Å². The first-order valence-electron chi connectivity index (χ1n) is 7.05. The van der Waals surface area contributed by atoms with Gasteiger partial charge in [0.1, 0.15) is 5.54 Å². The van der Waals surface area contributed by atoms with Gasteiger partial charge in [-0.15, -0.1) is 0 Å². The molecule has 21 heavy (non-hydrogen) atoms. The fourth-order valence-electron chi connectivity index (χ4n) is 2.78. The molecule has 7 heteroatoms. The van der Waals surface area contributed by atoms with Gasteiger partial charge >= 0.3 is 10.8 Å². The highest BCUT2D eigenvalue weighted by atomic mass is 32.1. The Balaban J connectivity index is 1.93. The number of rotatable bonds is 5. The van der Waals surface area contributed by atoms with Crippen LogP contribution in [0.25, 0.3) is 0 Å². The van der Waals surface area contributed by atoms with Gasteiger partial charge in [0, 0.05) is 30.6 Å². The first kappa shape index (κ1) is 15.8. The number of hydrogen-bond acceptors (Lipinski definition) is 4. The van der Waals surface area contributed by atoms with E-state index in [2.05, 4.69) is 0 Å². The maximum Gasteiger partial charge on any atom is 0.329 e. The van der Waals surface area contributed by atoms with Crippen LogP contribution in [0.2, 0.25) is 0 Å². The summed E-state index contributed by atoms with van der Waals surface area (Å²) in [5.74, 6) is -1.09. The van der Waals surface area contributed by atoms with Gasteiger partial charge in [0.05, 0.1) is 0 Å². The topological polar surface area (TPSA) is 79.6 Å². The average Bonchev–Trinajstić information content (AvgIpc) is 2.96. The van der Waals surface area contributed by atoms with Gasteiger partial charge in [0.25, 0.3) is 0 Å². The lowest BCUT2D eigenvalue weighted by molar-refractivity contribution is -0.155. The number of likely N-dealkylation sites (tertiary alicyclic amines) is 1. The van der Waals surface area contributed by atoms with Crippen LogP contribution in [-0.4, -0.2) is 38.5 Å². The summed E-state index contributed by atoms with van der Waals surface area (Å²) in [6.45, 7) is 4.46. The molecule has 1 saturated heterocycles. The molecule has 1 unspecified atom stereocenters. The molecule has 6 nitrogen and oxygen atoms in total. The number of hydrogen-bond donors (Lipinski definition) is 1. The van der Waals surface area contributed by atoms with Gasteiger partial charge in [-0.1, -0.05) is 11.3 Å². The lowest BCUT2D eigenvalue weighted by atomic mass is 9.99. The van der Waals surface area contributed by atoms with E-state index >= 15 is 0 Å². The number of carboxylic acids is 1. The summed E-state index contributed by atoms with van der Waals surface area (Å²) in [5, 5.41) is 11.1. The Morgan fingerprint density at radius 2 is 2.19 bits per heavy atom. The van der Waals surface area contributed by atoms with E-state index in [0.29, 0.717) is 25.9 Å². The quantitative estimate of drug-likeness (QED) is 0.893. The van der Waals surface area contributed by atoms with Gasteiger partial charge in [-0.3, -0.25) is 9.59 Å². The third-order valence-corrected chi connectivity index (χ3v) is 5.03. The Labute approximate surface area is 127 Å². The van der Waals surface area contributed by atoms with Crippen LogP contribution >= 0.6 is 11.3 Å². The summed E-state index contributed by atoms with van der Waals surface area (Å²) in [6.07, 6.45) is 2.03. The summed E-state index contributed by atoms with van der Waals surface area (Å²) < 4.78 is 1.65. The Bertz CT molecular complexity index is 606. The zero-order valence-electron chi connectivity index (χ0n) is 12.3. The van der Waals surface area contributed by atoms with Crippen LogP contribution < -0.4 is 4.87 Å². The molecule has 1 amide bonds. The Kier molecular flexibility index (Phi) is 4.51. The summed E-state index contributed by atoms with van der Waals surface area (Å²) in [7, 11) is 0. The second-order valence-electron chi connectivity index (χ2n) is 5.63. The van der Waals surface area contributed by atoms with E-state index in [1.165, 1.54) is 4.90 Å². The van der Waals surface area contributed by atoms with Crippen LogP contribution in [-0.2, 0) is 16.1 Å². The summed E-state index contributed by atoms with van der Waals surface area (Å²) in [5.41, 5.74) is -0.180. The van der Waals surface area contributed by atoms with Crippen molar-refractivity contribution in [2.24, 2.45) is 0 Å². The number of carbonyl (C=O) groups is 2. The lowest BCUT2D eigenvalue weighted by Gasteiger charge is -2.31. The second kappa shape index (κ2) is 6.01. The number of carbonyl (C=O) groups excluding carboxylic acids is 1. The highest BCUT2D eigenvalue weighted by Gasteiger charge is 2.45. The molecule has 1 aromatic heterocycles. The average molecular weight is 312 g/mol. The molecule has 1 fully saturated rings. The van der Waals surface area contributed by atoms with Crippen LogP contribution in [0.1, 0.15) is 38.3 Å². The Morgan fingerprint density at radius 1 is 1.48 bits per heavy atom. The molecule has 116 valence electrons. The van der Waals surface area contributed by atoms with Gasteiger partial charge in [-0.05, 0) is 33.1 Å². The molecule has 1 aliphatic rings. The monoisotopic (exact) mass is 312 g/mol. The molecule has 1 aliphatic heterocycles. The molecular weight excluding hydrogens is 292 g/mol.